The van der Waals surface area contributed by atoms with Crippen molar-refractivity contribution in [2.24, 2.45) is 11.8 Å². The van der Waals surface area contributed by atoms with Crippen molar-refractivity contribution in [1.82, 2.24) is 4.90 Å². The zero-order chi connectivity index (χ0) is 21.9. The molecule has 8 nitrogen and oxygen atoms in total. The fourth-order valence-electron chi connectivity index (χ4n) is 3.70. The summed E-state index contributed by atoms with van der Waals surface area (Å²) in [6.07, 6.45) is 2.01. The van der Waals surface area contributed by atoms with Gasteiger partial charge in [0.25, 0.3) is 0 Å². The summed E-state index contributed by atoms with van der Waals surface area (Å²) in [5, 5.41) is 9.77. The van der Waals surface area contributed by atoms with Gasteiger partial charge < -0.3 is 24.1 Å². The lowest BCUT2D eigenvalue weighted by Crippen LogP contribution is -2.49. The molecule has 164 valence electrons. The maximum atomic E-state index is 13.1. The molecule has 1 aliphatic heterocycles. The van der Waals surface area contributed by atoms with Gasteiger partial charge in [0.2, 0.25) is 0 Å². The molecule has 29 heavy (non-hydrogen) atoms. The van der Waals surface area contributed by atoms with Gasteiger partial charge in [-0.1, -0.05) is 13.8 Å². The summed E-state index contributed by atoms with van der Waals surface area (Å²) >= 11 is 0. The van der Waals surface area contributed by atoms with Crippen LogP contribution >= 0.6 is 0 Å². The van der Waals surface area contributed by atoms with Crippen molar-refractivity contribution < 1.29 is 33.6 Å². The summed E-state index contributed by atoms with van der Waals surface area (Å²) in [5.41, 5.74) is -0.721. The smallest absolute Gasteiger partial charge is 0.412 e. The van der Waals surface area contributed by atoms with Crippen LogP contribution in [-0.4, -0.2) is 60.3 Å². The van der Waals surface area contributed by atoms with E-state index in [1.54, 1.807) is 34.0 Å². The molecule has 0 aromatic carbocycles. The van der Waals surface area contributed by atoms with Crippen LogP contribution in [0, 0.1) is 11.8 Å². The number of carbonyl (C=O) groups is 2. The third kappa shape index (κ3) is 5.44. The number of carbonyl (C=O) groups excluding carboxylic acids is 1. The van der Waals surface area contributed by atoms with Crippen LogP contribution in [-0.2, 0) is 23.7 Å². The average Bonchev–Trinajstić information content (AvgIpc) is 2.98. The third-order valence-electron chi connectivity index (χ3n) is 4.87. The standard InChI is InChI=1S/C21H33NO7/c1-12(2)10-15-17(19(23)24)28-18(22(15)20(25)29-21(3,4)5)14-9-8-13(26-6)11-16(14)27-7/h8,11-12,14-15,17-18H,9-10H2,1-7H3,(H,23,24)/t14?,15-,17?,18?/m0/s1. The largest absolute Gasteiger partial charge is 0.500 e. The number of carboxylic acids is 1. The second-order valence-corrected chi connectivity index (χ2v) is 8.77. The van der Waals surface area contributed by atoms with E-state index in [2.05, 4.69) is 0 Å². The van der Waals surface area contributed by atoms with E-state index in [1.165, 1.54) is 12.0 Å². The van der Waals surface area contributed by atoms with Crippen LogP contribution in [0.15, 0.2) is 23.7 Å². The van der Waals surface area contributed by atoms with Crippen LogP contribution in [0.25, 0.3) is 0 Å². The van der Waals surface area contributed by atoms with Crippen LogP contribution in [0.1, 0.15) is 47.5 Å². The van der Waals surface area contributed by atoms with E-state index < -0.39 is 36.0 Å². The van der Waals surface area contributed by atoms with Gasteiger partial charge in [0.05, 0.1) is 26.2 Å². The summed E-state index contributed by atoms with van der Waals surface area (Å²) < 4.78 is 22.4. The summed E-state index contributed by atoms with van der Waals surface area (Å²) in [4.78, 5) is 26.5. The topological polar surface area (TPSA) is 94.5 Å². The molecule has 1 saturated heterocycles. The van der Waals surface area contributed by atoms with Gasteiger partial charge in [-0.3, -0.25) is 4.90 Å². The van der Waals surface area contributed by atoms with Crippen molar-refractivity contribution in [2.45, 2.75) is 71.4 Å². The van der Waals surface area contributed by atoms with Crippen molar-refractivity contribution in [3.63, 3.8) is 0 Å². The molecule has 0 saturated carbocycles. The Balaban J connectivity index is 2.44. The quantitative estimate of drug-likeness (QED) is 0.714. The molecule has 0 bridgehead atoms. The third-order valence-corrected chi connectivity index (χ3v) is 4.87. The Morgan fingerprint density at radius 2 is 1.93 bits per heavy atom. The Hall–Kier alpha value is -2.22. The first-order valence-electron chi connectivity index (χ1n) is 9.87. The molecular weight excluding hydrogens is 378 g/mol. The Kier molecular flexibility index (Phi) is 7.21. The first kappa shape index (κ1) is 23.1. The molecule has 1 aliphatic carbocycles. The minimum atomic E-state index is -1.14. The van der Waals surface area contributed by atoms with E-state index in [9.17, 15) is 14.7 Å². The maximum absolute atomic E-state index is 13.1. The predicted molar refractivity (Wildman–Crippen MR) is 106 cm³/mol. The molecule has 2 rings (SSSR count). The monoisotopic (exact) mass is 411 g/mol. The number of rotatable bonds is 6. The highest BCUT2D eigenvalue weighted by Crippen LogP contribution is 2.39. The van der Waals surface area contributed by atoms with Crippen molar-refractivity contribution in [3.05, 3.63) is 23.7 Å². The van der Waals surface area contributed by atoms with Crippen LogP contribution in [0.5, 0.6) is 0 Å². The fourth-order valence-corrected chi connectivity index (χ4v) is 3.70. The van der Waals surface area contributed by atoms with Crippen LogP contribution < -0.4 is 0 Å². The van der Waals surface area contributed by atoms with Gasteiger partial charge in [0.15, 0.2) is 6.10 Å². The second-order valence-electron chi connectivity index (χ2n) is 8.77. The molecule has 1 heterocycles. The first-order valence-corrected chi connectivity index (χ1v) is 9.87. The molecule has 8 heteroatoms. The molecule has 1 fully saturated rings. The van der Waals surface area contributed by atoms with Crippen molar-refractivity contribution >= 4 is 12.1 Å². The molecule has 0 aromatic rings. The number of methoxy groups -OCH3 is 2. The summed E-state index contributed by atoms with van der Waals surface area (Å²) in [7, 11) is 3.10. The second kappa shape index (κ2) is 9.07. The van der Waals surface area contributed by atoms with E-state index in [-0.39, 0.29) is 11.8 Å². The number of hydrogen-bond donors (Lipinski definition) is 1. The van der Waals surface area contributed by atoms with Crippen LogP contribution in [0.4, 0.5) is 4.79 Å². The van der Waals surface area contributed by atoms with Gasteiger partial charge in [-0.05, 0) is 45.6 Å². The van der Waals surface area contributed by atoms with Crippen molar-refractivity contribution in [2.75, 3.05) is 14.2 Å². The fraction of sp³-hybridized carbons (Fsp3) is 0.714. The number of allylic oxidation sites excluding steroid dienone is 2. The number of aliphatic carboxylic acids is 1. The number of amides is 1. The number of ether oxygens (including phenoxy) is 4. The van der Waals surface area contributed by atoms with E-state index in [1.807, 2.05) is 19.9 Å². The lowest BCUT2D eigenvalue weighted by atomic mass is 9.94. The van der Waals surface area contributed by atoms with Crippen molar-refractivity contribution in [1.29, 1.82) is 0 Å². The van der Waals surface area contributed by atoms with Crippen molar-refractivity contribution in [3.8, 4) is 0 Å². The Morgan fingerprint density at radius 1 is 1.28 bits per heavy atom. The molecule has 0 radical (unpaired) electrons. The number of carboxylic acid groups (broad SMARTS) is 1. The molecule has 2 aliphatic rings. The van der Waals surface area contributed by atoms with Gasteiger partial charge in [-0.2, -0.15) is 0 Å². The Bertz CT molecular complexity index is 677. The Labute approximate surface area is 172 Å². The highest BCUT2D eigenvalue weighted by Gasteiger charge is 2.53. The van der Waals surface area contributed by atoms with Gasteiger partial charge in [0, 0.05) is 6.08 Å². The average molecular weight is 411 g/mol. The SMILES string of the molecule is COC1=CCC(C2OC(C(=O)O)[C@H](CC(C)C)N2C(=O)OC(C)(C)C)C(OC)=C1. The van der Waals surface area contributed by atoms with Gasteiger partial charge in [-0.15, -0.1) is 0 Å². The van der Waals surface area contributed by atoms with E-state index >= 15 is 0 Å². The molecule has 0 aromatic heterocycles. The van der Waals surface area contributed by atoms with E-state index in [4.69, 9.17) is 18.9 Å². The predicted octanol–water partition coefficient (Wildman–Crippen LogP) is 3.53. The summed E-state index contributed by atoms with van der Waals surface area (Å²) in [5.74, 6) is -0.0902. The lowest BCUT2D eigenvalue weighted by Gasteiger charge is -2.35. The van der Waals surface area contributed by atoms with E-state index in [0.717, 1.165) is 0 Å². The first-order chi connectivity index (χ1) is 13.5. The van der Waals surface area contributed by atoms with Crippen LogP contribution in [0.3, 0.4) is 0 Å². The lowest BCUT2D eigenvalue weighted by molar-refractivity contribution is -0.151. The zero-order valence-corrected chi connectivity index (χ0v) is 18.3. The summed E-state index contributed by atoms with van der Waals surface area (Å²) in [6, 6.07) is -0.641. The number of nitrogens with zero attached hydrogens (tertiary/aromatic N) is 1. The molecule has 3 unspecified atom stereocenters. The van der Waals surface area contributed by atoms with Crippen LogP contribution in [0.2, 0.25) is 0 Å². The molecule has 4 atom stereocenters. The summed E-state index contributed by atoms with van der Waals surface area (Å²) in [6.45, 7) is 9.29. The highest BCUT2D eigenvalue weighted by atomic mass is 16.6. The maximum Gasteiger partial charge on any atom is 0.412 e. The molecular formula is C21H33NO7. The zero-order valence-electron chi connectivity index (χ0n) is 18.3. The van der Waals surface area contributed by atoms with Gasteiger partial charge >= 0.3 is 12.1 Å². The number of hydrogen-bond acceptors (Lipinski definition) is 6. The van der Waals surface area contributed by atoms with Gasteiger partial charge in [-0.25, -0.2) is 9.59 Å². The molecule has 1 amide bonds. The molecule has 0 spiro atoms. The highest BCUT2D eigenvalue weighted by molar-refractivity contribution is 5.77. The minimum Gasteiger partial charge on any atom is -0.500 e. The van der Waals surface area contributed by atoms with Gasteiger partial charge in [0.1, 0.15) is 23.3 Å². The Morgan fingerprint density at radius 3 is 2.41 bits per heavy atom. The molecule has 1 N–H and O–H groups in total. The normalized spacial score (nSPS) is 27.4. The minimum absolute atomic E-state index is 0.165. The van der Waals surface area contributed by atoms with E-state index in [0.29, 0.717) is 24.4 Å².